The molecule has 1 aromatic carbocycles. The van der Waals surface area contributed by atoms with Crippen LogP contribution in [0.1, 0.15) is 17.3 Å². The standard InChI is InChI=1S/C11H13F2NO2/c1-7(6-15)14(2)11(16)8-3-4-9(12)10(13)5-8/h3-5,7,15H,6H2,1-2H3. The summed E-state index contributed by atoms with van der Waals surface area (Å²) in [5, 5.41) is 8.87. The van der Waals surface area contributed by atoms with Gasteiger partial charge in [0.15, 0.2) is 11.6 Å². The number of benzene rings is 1. The van der Waals surface area contributed by atoms with Crippen LogP contribution in [-0.2, 0) is 0 Å². The predicted octanol–water partition coefficient (Wildman–Crippen LogP) is 1.42. The largest absolute Gasteiger partial charge is 0.394 e. The number of hydrogen-bond acceptors (Lipinski definition) is 2. The van der Waals surface area contributed by atoms with Crippen LogP contribution < -0.4 is 0 Å². The van der Waals surface area contributed by atoms with E-state index in [1.165, 1.54) is 18.0 Å². The van der Waals surface area contributed by atoms with Crippen LogP contribution in [0, 0.1) is 11.6 Å². The Kier molecular flexibility index (Phi) is 3.95. The lowest BCUT2D eigenvalue weighted by molar-refractivity contribution is 0.0681. The highest BCUT2D eigenvalue weighted by Gasteiger charge is 2.17. The molecule has 0 aliphatic heterocycles. The highest BCUT2D eigenvalue weighted by Crippen LogP contribution is 2.11. The number of nitrogens with zero attached hydrogens (tertiary/aromatic N) is 1. The number of carbonyl (C=O) groups excluding carboxylic acids is 1. The summed E-state index contributed by atoms with van der Waals surface area (Å²) in [6.07, 6.45) is 0. The lowest BCUT2D eigenvalue weighted by Gasteiger charge is -2.23. The molecule has 0 spiro atoms. The Morgan fingerprint density at radius 1 is 1.44 bits per heavy atom. The van der Waals surface area contributed by atoms with E-state index in [1.807, 2.05) is 0 Å². The summed E-state index contributed by atoms with van der Waals surface area (Å²) in [6, 6.07) is 2.58. The number of carbonyl (C=O) groups is 1. The van der Waals surface area contributed by atoms with Gasteiger partial charge >= 0.3 is 0 Å². The highest BCUT2D eigenvalue weighted by atomic mass is 19.2. The van der Waals surface area contributed by atoms with Gasteiger partial charge in [0.1, 0.15) is 0 Å². The lowest BCUT2D eigenvalue weighted by atomic mass is 10.1. The molecule has 3 nitrogen and oxygen atoms in total. The van der Waals surface area contributed by atoms with Gasteiger partial charge in [-0.05, 0) is 25.1 Å². The topological polar surface area (TPSA) is 40.5 Å². The normalized spacial score (nSPS) is 12.3. The Hall–Kier alpha value is -1.49. The van der Waals surface area contributed by atoms with Crippen molar-refractivity contribution in [1.82, 2.24) is 4.90 Å². The third-order valence-corrected chi connectivity index (χ3v) is 2.41. The summed E-state index contributed by atoms with van der Waals surface area (Å²) in [4.78, 5) is 13.0. The Bertz CT molecular complexity index is 396. The fourth-order valence-electron chi connectivity index (χ4n) is 1.16. The number of aliphatic hydroxyl groups excluding tert-OH is 1. The first-order chi connectivity index (χ1) is 7.47. The van der Waals surface area contributed by atoms with Crippen molar-refractivity contribution in [3.63, 3.8) is 0 Å². The molecule has 1 rings (SSSR count). The molecular weight excluding hydrogens is 216 g/mol. The van der Waals surface area contributed by atoms with E-state index in [0.29, 0.717) is 0 Å². The van der Waals surface area contributed by atoms with Crippen molar-refractivity contribution in [3.05, 3.63) is 35.4 Å². The Balaban J connectivity index is 2.92. The van der Waals surface area contributed by atoms with Crippen LogP contribution in [0.4, 0.5) is 8.78 Å². The van der Waals surface area contributed by atoms with Crippen LogP contribution in [0.5, 0.6) is 0 Å². The van der Waals surface area contributed by atoms with Crippen molar-refractivity contribution in [3.8, 4) is 0 Å². The molecule has 1 aromatic rings. The van der Waals surface area contributed by atoms with Crippen molar-refractivity contribution in [2.45, 2.75) is 13.0 Å². The molecule has 0 bridgehead atoms. The molecule has 0 saturated heterocycles. The van der Waals surface area contributed by atoms with Crippen molar-refractivity contribution >= 4 is 5.91 Å². The summed E-state index contributed by atoms with van der Waals surface area (Å²) < 4.78 is 25.5. The highest BCUT2D eigenvalue weighted by molar-refractivity contribution is 5.94. The van der Waals surface area contributed by atoms with Gasteiger partial charge < -0.3 is 10.0 Å². The molecule has 0 aliphatic carbocycles. The molecule has 1 unspecified atom stereocenters. The molecular formula is C11H13F2NO2. The van der Waals surface area contributed by atoms with Crippen molar-refractivity contribution in [2.24, 2.45) is 0 Å². The number of aliphatic hydroxyl groups is 1. The predicted molar refractivity (Wildman–Crippen MR) is 55.0 cm³/mol. The molecule has 1 N–H and O–H groups in total. The average molecular weight is 229 g/mol. The van der Waals surface area contributed by atoms with Gasteiger partial charge in [-0.2, -0.15) is 0 Å². The van der Waals surface area contributed by atoms with E-state index < -0.39 is 17.5 Å². The first-order valence-corrected chi connectivity index (χ1v) is 4.80. The summed E-state index contributed by atoms with van der Waals surface area (Å²) in [7, 11) is 1.49. The van der Waals surface area contributed by atoms with E-state index in [2.05, 4.69) is 0 Å². The first kappa shape index (κ1) is 12.6. The minimum absolute atomic E-state index is 0.0571. The van der Waals surface area contributed by atoms with Crippen LogP contribution >= 0.6 is 0 Å². The van der Waals surface area contributed by atoms with Gasteiger partial charge in [-0.25, -0.2) is 8.78 Å². The first-order valence-electron chi connectivity index (χ1n) is 4.80. The fourth-order valence-corrected chi connectivity index (χ4v) is 1.16. The molecule has 0 fully saturated rings. The van der Waals surface area contributed by atoms with Gasteiger partial charge in [0.2, 0.25) is 0 Å². The smallest absolute Gasteiger partial charge is 0.254 e. The number of hydrogen-bond donors (Lipinski definition) is 1. The molecule has 0 radical (unpaired) electrons. The minimum atomic E-state index is -1.06. The maximum Gasteiger partial charge on any atom is 0.254 e. The van der Waals surface area contributed by atoms with Gasteiger partial charge in [-0.3, -0.25) is 4.79 Å². The van der Waals surface area contributed by atoms with E-state index in [1.54, 1.807) is 6.92 Å². The summed E-state index contributed by atoms with van der Waals surface area (Å²) in [5.41, 5.74) is 0.0571. The lowest BCUT2D eigenvalue weighted by Crippen LogP contribution is -2.37. The van der Waals surface area contributed by atoms with Gasteiger partial charge in [0.25, 0.3) is 5.91 Å². The number of amides is 1. The molecule has 0 aromatic heterocycles. The van der Waals surface area contributed by atoms with E-state index in [0.717, 1.165) is 12.1 Å². The van der Waals surface area contributed by atoms with E-state index in [4.69, 9.17) is 5.11 Å². The maximum atomic E-state index is 12.9. The Labute approximate surface area is 92.3 Å². The zero-order valence-corrected chi connectivity index (χ0v) is 9.08. The molecule has 0 saturated carbocycles. The third kappa shape index (κ3) is 2.55. The zero-order valence-electron chi connectivity index (χ0n) is 9.08. The van der Waals surface area contributed by atoms with Gasteiger partial charge in [0, 0.05) is 12.6 Å². The zero-order chi connectivity index (χ0) is 12.3. The third-order valence-electron chi connectivity index (χ3n) is 2.41. The molecule has 16 heavy (non-hydrogen) atoms. The second kappa shape index (κ2) is 5.03. The molecule has 5 heteroatoms. The van der Waals surface area contributed by atoms with Crippen molar-refractivity contribution < 1.29 is 18.7 Å². The molecule has 0 heterocycles. The second-order valence-electron chi connectivity index (χ2n) is 3.58. The second-order valence-corrected chi connectivity index (χ2v) is 3.58. The van der Waals surface area contributed by atoms with E-state index >= 15 is 0 Å². The number of rotatable bonds is 3. The van der Waals surface area contributed by atoms with Crippen molar-refractivity contribution in [2.75, 3.05) is 13.7 Å². The Morgan fingerprint density at radius 3 is 2.56 bits per heavy atom. The van der Waals surface area contributed by atoms with Crippen LogP contribution in [0.3, 0.4) is 0 Å². The van der Waals surface area contributed by atoms with Gasteiger partial charge in [0.05, 0.1) is 12.6 Å². The average Bonchev–Trinajstić information content (AvgIpc) is 2.29. The number of halogens is 2. The SMILES string of the molecule is CC(CO)N(C)C(=O)c1ccc(F)c(F)c1. The van der Waals surface area contributed by atoms with Crippen molar-refractivity contribution in [1.29, 1.82) is 0 Å². The maximum absolute atomic E-state index is 12.9. The van der Waals surface area contributed by atoms with Gasteiger partial charge in [-0.15, -0.1) is 0 Å². The quantitative estimate of drug-likeness (QED) is 0.851. The monoisotopic (exact) mass is 229 g/mol. The Morgan fingerprint density at radius 2 is 2.06 bits per heavy atom. The molecule has 0 aliphatic rings. The van der Waals surface area contributed by atoms with Crippen LogP contribution in [-0.4, -0.2) is 35.6 Å². The van der Waals surface area contributed by atoms with E-state index in [9.17, 15) is 13.6 Å². The summed E-state index contributed by atoms with van der Waals surface area (Å²) in [6.45, 7) is 1.46. The van der Waals surface area contributed by atoms with Gasteiger partial charge in [-0.1, -0.05) is 0 Å². The molecule has 1 atom stereocenters. The molecule has 1 amide bonds. The summed E-state index contributed by atoms with van der Waals surface area (Å²) >= 11 is 0. The number of likely N-dealkylation sites (N-methyl/N-ethyl adjacent to an activating group) is 1. The van der Waals surface area contributed by atoms with Crippen LogP contribution in [0.25, 0.3) is 0 Å². The van der Waals surface area contributed by atoms with E-state index in [-0.39, 0.29) is 18.2 Å². The fraction of sp³-hybridized carbons (Fsp3) is 0.364. The minimum Gasteiger partial charge on any atom is -0.394 e. The van der Waals surface area contributed by atoms with Crippen LogP contribution in [0.2, 0.25) is 0 Å². The summed E-state index contributed by atoms with van der Waals surface area (Å²) in [5.74, 6) is -2.51. The van der Waals surface area contributed by atoms with Crippen LogP contribution in [0.15, 0.2) is 18.2 Å². The molecule has 88 valence electrons.